The minimum absolute atomic E-state index is 0.253. The van der Waals surface area contributed by atoms with Crippen molar-refractivity contribution in [1.29, 1.82) is 0 Å². The zero-order valence-electron chi connectivity index (χ0n) is 9.74. The van der Waals surface area contributed by atoms with Gasteiger partial charge in [-0.3, -0.25) is 14.3 Å². The van der Waals surface area contributed by atoms with Gasteiger partial charge < -0.3 is 9.72 Å². The third-order valence-electron chi connectivity index (χ3n) is 2.34. The number of aromatic amines is 2. The monoisotopic (exact) mass is 238 g/mol. The van der Waals surface area contributed by atoms with Gasteiger partial charge in [-0.15, -0.1) is 0 Å². The number of hydrogen-bond acceptors (Lipinski definition) is 4. The summed E-state index contributed by atoms with van der Waals surface area (Å²) in [6.07, 6.45) is 0.776. The molecule has 0 bridgehead atoms. The molecule has 0 aliphatic carbocycles. The van der Waals surface area contributed by atoms with E-state index in [0.717, 1.165) is 6.42 Å². The lowest BCUT2D eigenvalue weighted by atomic mass is 10.4. The van der Waals surface area contributed by atoms with Gasteiger partial charge in [-0.2, -0.15) is 4.98 Å². The Bertz CT molecular complexity index is 637. The van der Waals surface area contributed by atoms with Gasteiger partial charge in [0.2, 0.25) is 0 Å². The number of hydrogen-bond donors (Lipinski definition) is 2. The van der Waals surface area contributed by atoms with Gasteiger partial charge >= 0.3 is 5.69 Å². The largest absolute Gasteiger partial charge is 0.465 e. The van der Waals surface area contributed by atoms with Gasteiger partial charge in [-0.25, -0.2) is 4.79 Å². The highest BCUT2D eigenvalue weighted by Gasteiger charge is 2.12. The van der Waals surface area contributed by atoms with Crippen LogP contribution < -0.4 is 16.0 Å². The fourth-order valence-electron chi connectivity index (χ4n) is 1.66. The summed E-state index contributed by atoms with van der Waals surface area (Å²) in [5, 5.41) is 0. The molecule has 0 fully saturated rings. The smallest absolute Gasteiger partial charge is 0.330 e. The van der Waals surface area contributed by atoms with Gasteiger partial charge in [-0.1, -0.05) is 6.92 Å². The number of rotatable bonds is 4. The van der Waals surface area contributed by atoms with Gasteiger partial charge in [0.05, 0.1) is 6.61 Å². The van der Waals surface area contributed by atoms with E-state index < -0.39 is 11.2 Å². The maximum absolute atomic E-state index is 11.6. The number of nitrogens with zero attached hydrogens (tertiary/aromatic N) is 2. The van der Waals surface area contributed by atoms with Gasteiger partial charge in [0.1, 0.15) is 0 Å². The van der Waals surface area contributed by atoms with Crippen molar-refractivity contribution in [2.75, 3.05) is 6.61 Å². The fraction of sp³-hybridized carbons (Fsp3) is 0.500. The van der Waals surface area contributed by atoms with Crippen molar-refractivity contribution in [2.24, 2.45) is 0 Å². The van der Waals surface area contributed by atoms with Crippen molar-refractivity contribution in [1.82, 2.24) is 19.5 Å². The first-order valence-electron chi connectivity index (χ1n) is 5.53. The second-order valence-electron chi connectivity index (χ2n) is 3.58. The predicted octanol–water partition coefficient (Wildman–Crippen LogP) is 0.222. The van der Waals surface area contributed by atoms with Crippen LogP contribution in [0.5, 0.6) is 6.01 Å². The van der Waals surface area contributed by atoms with Gasteiger partial charge in [0.25, 0.3) is 11.6 Å². The molecule has 0 saturated carbocycles. The Morgan fingerprint density at radius 2 is 2.06 bits per heavy atom. The molecule has 0 aliphatic heterocycles. The molecule has 92 valence electrons. The Kier molecular flexibility index (Phi) is 2.99. The Morgan fingerprint density at radius 3 is 2.71 bits per heavy atom. The summed E-state index contributed by atoms with van der Waals surface area (Å²) >= 11 is 0. The zero-order valence-corrected chi connectivity index (χ0v) is 9.74. The maximum Gasteiger partial charge on any atom is 0.330 e. The Labute approximate surface area is 96.5 Å². The fourth-order valence-corrected chi connectivity index (χ4v) is 1.66. The molecule has 0 aromatic carbocycles. The molecular weight excluding hydrogens is 224 g/mol. The van der Waals surface area contributed by atoms with E-state index in [2.05, 4.69) is 15.0 Å². The van der Waals surface area contributed by atoms with Crippen molar-refractivity contribution in [3.8, 4) is 6.01 Å². The van der Waals surface area contributed by atoms with E-state index in [1.807, 2.05) is 13.8 Å². The quantitative estimate of drug-likeness (QED) is 0.797. The molecule has 2 aromatic heterocycles. The third kappa shape index (κ3) is 1.95. The highest BCUT2D eigenvalue weighted by molar-refractivity contribution is 5.70. The summed E-state index contributed by atoms with van der Waals surface area (Å²) in [5.41, 5.74) is -0.319. The third-order valence-corrected chi connectivity index (χ3v) is 2.34. The zero-order chi connectivity index (χ0) is 12.4. The van der Waals surface area contributed by atoms with Crippen LogP contribution in [0.25, 0.3) is 11.2 Å². The van der Waals surface area contributed by atoms with Crippen molar-refractivity contribution in [3.05, 3.63) is 20.8 Å². The van der Waals surface area contributed by atoms with Gasteiger partial charge in [0.15, 0.2) is 11.2 Å². The molecule has 0 aliphatic rings. The lowest BCUT2D eigenvalue weighted by Crippen LogP contribution is -2.30. The number of H-pyrrole nitrogens is 2. The molecule has 0 amide bonds. The van der Waals surface area contributed by atoms with Crippen LogP contribution in [0.2, 0.25) is 0 Å². The minimum atomic E-state index is -0.476. The molecule has 0 unspecified atom stereocenters. The van der Waals surface area contributed by atoms with E-state index in [1.54, 1.807) is 0 Å². The van der Waals surface area contributed by atoms with Crippen molar-refractivity contribution >= 4 is 11.2 Å². The summed E-state index contributed by atoms with van der Waals surface area (Å²) in [6, 6.07) is 0.253. The molecular formula is C10H14N4O3. The molecule has 2 N–H and O–H groups in total. The van der Waals surface area contributed by atoms with Crippen molar-refractivity contribution in [2.45, 2.75) is 26.8 Å². The van der Waals surface area contributed by atoms with Crippen LogP contribution >= 0.6 is 0 Å². The summed E-state index contributed by atoms with van der Waals surface area (Å²) in [7, 11) is 0. The SMILES string of the molecule is CCCn1c(=O)[nH]c(=O)c2[nH]c(OCC)nc21. The first-order chi connectivity index (χ1) is 8.17. The summed E-state index contributed by atoms with van der Waals surface area (Å²) in [6.45, 7) is 4.70. The average molecular weight is 238 g/mol. The lowest BCUT2D eigenvalue weighted by molar-refractivity contribution is 0.317. The first-order valence-corrected chi connectivity index (χ1v) is 5.53. The second kappa shape index (κ2) is 4.44. The van der Waals surface area contributed by atoms with Gasteiger partial charge in [-0.05, 0) is 13.3 Å². The molecule has 0 spiro atoms. The highest BCUT2D eigenvalue weighted by Crippen LogP contribution is 2.10. The summed E-state index contributed by atoms with van der Waals surface area (Å²) < 4.78 is 6.61. The van der Waals surface area contributed by atoms with E-state index in [1.165, 1.54) is 4.57 Å². The molecule has 2 heterocycles. The van der Waals surface area contributed by atoms with E-state index in [-0.39, 0.29) is 11.5 Å². The Balaban J connectivity index is 2.71. The van der Waals surface area contributed by atoms with E-state index in [4.69, 9.17) is 4.74 Å². The second-order valence-corrected chi connectivity index (χ2v) is 3.58. The number of fused-ring (bicyclic) bond motifs is 1. The predicted molar refractivity (Wildman–Crippen MR) is 62.4 cm³/mol. The molecule has 0 atom stereocenters. The molecule has 7 heteroatoms. The Morgan fingerprint density at radius 1 is 1.29 bits per heavy atom. The Hall–Kier alpha value is -2.05. The molecule has 7 nitrogen and oxygen atoms in total. The molecule has 0 saturated heterocycles. The van der Waals surface area contributed by atoms with Crippen LogP contribution in [0, 0.1) is 0 Å². The van der Waals surface area contributed by atoms with E-state index >= 15 is 0 Å². The molecule has 17 heavy (non-hydrogen) atoms. The van der Waals surface area contributed by atoms with Crippen LogP contribution in [0.15, 0.2) is 9.59 Å². The van der Waals surface area contributed by atoms with E-state index in [9.17, 15) is 9.59 Å². The number of aryl methyl sites for hydroxylation is 1. The number of ether oxygens (including phenoxy) is 1. The normalized spacial score (nSPS) is 10.9. The van der Waals surface area contributed by atoms with Crippen molar-refractivity contribution in [3.63, 3.8) is 0 Å². The average Bonchev–Trinajstić information content (AvgIpc) is 2.69. The van der Waals surface area contributed by atoms with Crippen LogP contribution in [-0.2, 0) is 6.54 Å². The number of imidazole rings is 1. The maximum atomic E-state index is 11.6. The van der Waals surface area contributed by atoms with Crippen LogP contribution in [0.4, 0.5) is 0 Å². The molecule has 0 radical (unpaired) electrons. The minimum Gasteiger partial charge on any atom is -0.465 e. The number of nitrogens with one attached hydrogen (secondary N) is 2. The summed E-state index contributed by atoms with van der Waals surface area (Å²) in [4.78, 5) is 32.3. The number of aromatic nitrogens is 4. The van der Waals surface area contributed by atoms with Gasteiger partial charge in [0, 0.05) is 6.54 Å². The topological polar surface area (TPSA) is 92.8 Å². The van der Waals surface area contributed by atoms with Crippen molar-refractivity contribution < 1.29 is 4.74 Å². The van der Waals surface area contributed by atoms with Crippen LogP contribution in [-0.4, -0.2) is 26.1 Å². The van der Waals surface area contributed by atoms with Crippen LogP contribution in [0.1, 0.15) is 20.3 Å². The first kappa shape index (κ1) is 11.4. The summed E-state index contributed by atoms with van der Waals surface area (Å²) in [5.74, 6) is 0. The highest BCUT2D eigenvalue weighted by atomic mass is 16.5. The van der Waals surface area contributed by atoms with E-state index in [0.29, 0.717) is 18.8 Å². The molecule has 2 aromatic rings. The molecule has 2 rings (SSSR count). The van der Waals surface area contributed by atoms with Crippen LogP contribution in [0.3, 0.4) is 0 Å². The standard InChI is InChI=1S/C10H14N4O3/c1-3-5-14-7-6(8(15)13-10(14)16)11-9(12-7)17-4-2/h3-5H2,1-2H3,(H,11,12)(H,13,15,16). The lowest BCUT2D eigenvalue weighted by Gasteiger charge is -2.02.